The number of aromatic nitrogens is 2. The van der Waals surface area contributed by atoms with Crippen molar-refractivity contribution in [3.8, 4) is 17.2 Å². The van der Waals surface area contributed by atoms with Crippen LogP contribution in [0.25, 0.3) is 0 Å². The highest BCUT2D eigenvalue weighted by molar-refractivity contribution is 7.51. The van der Waals surface area contributed by atoms with Crippen LogP contribution in [0.5, 0.6) is 17.2 Å². The van der Waals surface area contributed by atoms with Crippen LogP contribution in [-0.4, -0.2) is 42.1 Å². The van der Waals surface area contributed by atoms with Gasteiger partial charge in [0.25, 0.3) is 0 Å². The number of benzene rings is 2. The molecule has 1 aromatic heterocycles. The number of hydrogen-bond donors (Lipinski definition) is 4. The number of rotatable bonds is 7. The van der Waals surface area contributed by atoms with Crippen LogP contribution in [0.4, 0.5) is 23.1 Å². The normalized spacial score (nSPS) is 12.5. The molecule has 1 aliphatic rings. The summed E-state index contributed by atoms with van der Waals surface area (Å²) in [5.41, 5.74) is 3.91. The molecular formula is C22H28ClN5O3P2. The Balaban J connectivity index is 0.00000306. The van der Waals surface area contributed by atoms with Gasteiger partial charge in [-0.2, -0.15) is 14.9 Å². The topological polar surface area (TPSA) is 101 Å². The maximum Gasteiger partial charge on any atom is 0.229 e. The van der Waals surface area contributed by atoms with Gasteiger partial charge in [-0.1, -0.05) is 11.6 Å². The number of anilines is 4. The Morgan fingerprint density at radius 1 is 1.09 bits per heavy atom. The fourth-order valence-corrected chi connectivity index (χ4v) is 4.11. The van der Waals surface area contributed by atoms with Gasteiger partial charge in [0.15, 0.2) is 5.82 Å². The standard InChI is InChI=1S/C22H25ClN5O3P.H3P/c1-30-19-9-13-6-7-24-11-14(13)8-18(19)27-22-25-12-16(23)21(28-22)26-17-5-4-15(29)10-20(17)31-32(2)3;/h4-5,8-10,12,24,29H,6-7,11H2,1-3H3,(H2,25,26,27,28);1H3. The minimum absolute atomic E-state index is 0. The third-order valence-electron chi connectivity index (χ3n) is 4.90. The monoisotopic (exact) mass is 507 g/mol. The van der Waals surface area contributed by atoms with Crippen LogP contribution < -0.4 is 25.2 Å². The molecule has 2 heterocycles. The fraction of sp³-hybridized carbons (Fsp3) is 0.273. The predicted molar refractivity (Wildman–Crippen MR) is 141 cm³/mol. The summed E-state index contributed by atoms with van der Waals surface area (Å²) >= 11 is 6.36. The Labute approximate surface area is 202 Å². The van der Waals surface area contributed by atoms with Crippen LogP contribution in [-0.2, 0) is 13.0 Å². The van der Waals surface area contributed by atoms with Gasteiger partial charge < -0.3 is 30.3 Å². The highest BCUT2D eigenvalue weighted by atomic mass is 35.5. The van der Waals surface area contributed by atoms with Crippen LogP contribution in [0.15, 0.2) is 36.5 Å². The maximum atomic E-state index is 9.83. The summed E-state index contributed by atoms with van der Waals surface area (Å²) in [6.45, 7) is 5.72. The second-order valence-electron chi connectivity index (χ2n) is 7.47. The third kappa shape index (κ3) is 6.15. The summed E-state index contributed by atoms with van der Waals surface area (Å²) in [6, 6.07) is 8.96. The molecule has 0 saturated carbocycles. The van der Waals surface area contributed by atoms with Crippen molar-refractivity contribution in [3.63, 3.8) is 0 Å². The molecule has 4 N–H and O–H groups in total. The molecule has 1 aliphatic heterocycles. The Kier molecular flexibility index (Phi) is 8.55. The van der Waals surface area contributed by atoms with Gasteiger partial charge in [0.2, 0.25) is 5.95 Å². The Morgan fingerprint density at radius 2 is 1.91 bits per heavy atom. The molecule has 176 valence electrons. The number of nitrogens with one attached hydrogen (secondary N) is 3. The molecule has 0 fully saturated rings. The molecule has 8 nitrogen and oxygen atoms in total. The minimum Gasteiger partial charge on any atom is -0.508 e. The van der Waals surface area contributed by atoms with Gasteiger partial charge in [-0.15, -0.1) is 0 Å². The number of phenols is 1. The molecule has 0 bridgehead atoms. The lowest BCUT2D eigenvalue weighted by molar-refractivity contribution is 0.415. The van der Waals surface area contributed by atoms with E-state index in [1.165, 1.54) is 17.3 Å². The number of phenolic OH excluding ortho intramolecular Hbond substituents is 1. The molecule has 2 aromatic carbocycles. The van der Waals surface area contributed by atoms with Gasteiger partial charge in [-0.3, -0.25) is 0 Å². The Bertz CT molecular complexity index is 1130. The quantitative estimate of drug-likeness (QED) is 0.260. The molecule has 0 aliphatic carbocycles. The molecule has 0 spiro atoms. The zero-order chi connectivity index (χ0) is 22.7. The lowest BCUT2D eigenvalue weighted by Gasteiger charge is -2.20. The first-order valence-corrected chi connectivity index (χ1v) is 12.6. The zero-order valence-electron chi connectivity index (χ0n) is 18.8. The summed E-state index contributed by atoms with van der Waals surface area (Å²) in [4.78, 5) is 8.86. The third-order valence-corrected chi connectivity index (χ3v) is 5.74. The number of hydrogen-bond acceptors (Lipinski definition) is 8. The molecule has 1 unspecified atom stereocenters. The van der Waals surface area contributed by atoms with Gasteiger partial charge in [-0.05, 0) is 61.7 Å². The van der Waals surface area contributed by atoms with Gasteiger partial charge >= 0.3 is 0 Å². The van der Waals surface area contributed by atoms with E-state index in [1.807, 2.05) is 13.3 Å². The molecule has 1 atom stereocenters. The lowest BCUT2D eigenvalue weighted by atomic mass is 10.00. The van der Waals surface area contributed by atoms with Crippen molar-refractivity contribution in [1.82, 2.24) is 15.3 Å². The van der Waals surface area contributed by atoms with Gasteiger partial charge in [0, 0.05) is 12.6 Å². The van der Waals surface area contributed by atoms with E-state index >= 15 is 0 Å². The average molecular weight is 508 g/mol. The van der Waals surface area contributed by atoms with Crippen LogP contribution >= 0.6 is 29.6 Å². The van der Waals surface area contributed by atoms with E-state index in [4.69, 9.17) is 20.9 Å². The summed E-state index contributed by atoms with van der Waals surface area (Å²) in [6.07, 6.45) is 2.49. The molecule has 3 aromatic rings. The zero-order valence-corrected chi connectivity index (χ0v) is 21.8. The molecule has 33 heavy (non-hydrogen) atoms. The van der Waals surface area contributed by atoms with E-state index in [0.29, 0.717) is 28.2 Å². The second kappa shape index (κ2) is 11.2. The van der Waals surface area contributed by atoms with Crippen LogP contribution in [0.1, 0.15) is 11.1 Å². The van der Waals surface area contributed by atoms with Crippen molar-refractivity contribution in [3.05, 3.63) is 52.7 Å². The molecular weight excluding hydrogens is 480 g/mol. The first kappa shape index (κ1) is 25.3. The van der Waals surface area contributed by atoms with E-state index in [9.17, 15) is 5.11 Å². The molecule has 0 saturated heterocycles. The average Bonchev–Trinajstić information content (AvgIpc) is 2.77. The first-order chi connectivity index (χ1) is 15.4. The van der Waals surface area contributed by atoms with Crippen molar-refractivity contribution >= 4 is 52.8 Å². The van der Waals surface area contributed by atoms with E-state index < -0.39 is 8.15 Å². The van der Waals surface area contributed by atoms with E-state index in [1.54, 1.807) is 25.3 Å². The SMILES string of the molecule is COc1cc2c(cc1Nc1ncc(Cl)c(Nc3ccc(O)cc3OP(C)C)n1)CNCC2.P. The smallest absolute Gasteiger partial charge is 0.229 e. The number of halogens is 1. The maximum absolute atomic E-state index is 9.83. The fourth-order valence-electron chi connectivity index (χ4n) is 3.43. The molecule has 4 rings (SSSR count). The Morgan fingerprint density at radius 3 is 2.67 bits per heavy atom. The first-order valence-electron chi connectivity index (χ1n) is 10.1. The van der Waals surface area contributed by atoms with Gasteiger partial charge in [-0.25, -0.2) is 4.98 Å². The molecule has 11 heteroatoms. The number of aromatic hydroxyl groups is 1. The van der Waals surface area contributed by atoms with Crippen LogP contribution in [0.3, 0.4) is 0 Å². The highest BCUT2D eigenvalue weighted by Gasteiger charge is 2.16. The summed E-state index contributed by atoms with van der Waals surface area (Å²) in [5, 5.41) is 20.0. The van der Waals surface area contributed by atoms with Crippen molar-refractivity contribution in [2.75, 3.05) is 37.6 Å². The van der Waals surface area contributed by atoms with Crippen molar-refractivity contribution < 1.29 is 14.4 Å². The van der Waals surface area contributed by atoms with Crippen LogP contribution in [0, 0.1) is 0 Å². The van der Waals surface area contributed by atoms with E-state index in [-0.39, 0.29) is 15.6 Å². The van der Waals surface area contributed by atoms with E-state index in [2.05, 4.69) is 38.1 Å². The number of fused-ring (bicyclic) bond motifs is 1. The van der Waals surface area contributed by atoms with Crippen molar-refractivity contribution in [2.24, 2.45) is 0 Å². The summed E-state index contributed by atoms with van der Waals surface area (Å²) in [5.74, 6) is 2.15. The summed E-state index contributed by atoms with van der Waals surface area (Å²) in [7, 11) is 0.960. The number of methoxy groups -OCH3 is 1. The van der Waals surface area contributed by atoms with Crippen molar-refractivity contribution in [2.45, 2.75) is 13.0 Å². The number of nitrogens with zero attached hydrogens (tertiary/aromatic N) is 2. The number of ether oxygens (including phenoxy) is 1. The van der Waals surface area contributed by atoms with Gasteiger partial charge in [0.1, 0.15) is 22.3 Å². The van der Waals surface area contributed by atoms with Gasteiger partial charge in [0.05, 0.1) is 32.8 Å². The molecule has 0 amide bonds. The molecule has 0 radical (unpaired) electrons. The van der Waals surface area contributed by atoms with Crippen LogP contribution in [0.2, 0.25) is 5.02 Å². The Hall–Kier alpha value is -2.37. The highest BCUT2D eigenvalue weighted by Crippen LogP contribution is 2.39. The second-order valence-corrected chi connectivity index (χ2v) is 9.69. The lowest BCUT2D eigenvalue weighted by Crippen LogP contribution is -2.23. The predicted octanol–water partition coefficient (Wildman–Crippen LogP) is 5.07. The van der Waals surface area contributed by atoms with E-state index in [0.717, 1.165) is 30.9 Å². The largest absolute Gasteiger partial charge is 0.508 e. The van der Waals surface area contributed by atoms with Crippen molar-refractivity contribution in [1.29, 1.82) is 0 Å². The minimum atomic E-state index is -0.686. The summed E-state index contributed by atoms with van der Waals surface area (Å²) < 4.78 is 11.4.